The number of aromatic nitrogens is 1. The predicted octanol–water partition coefficient (Wildman–Crippen LogP) is 2.61. The summed E-state index contributed by atoms with van der Waals surface area (Å²) in [5.74, 6) is 0.646. The SMILES string of the molecule is Cc1c(N)nsc1NC1Cc2ccccc2C1. The second kappa shape index (κ2) is 4.04. The first-order valence-corrected chi connectivity index (χ1v) is 6.56. The molecule has 0 saturated heterocycles. The molecule has 1 aliphatic rings. The molecule has 2 aromatic rings. The Bertz CT molecular complexity index is 522. The average molecular weight is 245 g/mol. The molecular formula is C13H15N3S. The summed E-state index contributed by atoms with van der Waals surface area (Å²) in [6.07, 6.45) is 2.18. The zero-order chi connectivity index (χ0) is 11.8. The molecule has 3 nitrogen and oxygen atoms in total. The van der Waals surface area contributed by atoms with Crippen LogP contribution in [0.3, 0.4) is 0 Å². The molecule has 0 amide bonds. The minimum Gasteiger partial charge on any atom is -0.383 e. The molecule has 1 aromatic heterocycles. The number of hydrogen-bond acceptors (Lipinski definition) is 4. The van der Waals surface area contributed by atoms with Crippen LogP contribution in [0.15, 0.2) is 24.3 Å². The Balaban J connectivity index is 1.76. The van der Waals surface area contributed by atoms with Crippen molar-refractivity contribution < 1.29 is 0 Å². The van der Waals surface area contributed by atoms with E-state index < -0.39 is 0 Å². The molecule has 0 aliphatic heterocycles. The first kappa shape index (κ1) is 10.6. The van der Waals surface area contributed by atoms with Gasteiger partial charge in [0.15, 0.2) is 0 Å². The van der Waals surface area contributed by atoms with Crippen LogP contribution in [-0.4, -0.2) is 10.4 Å². The molecule has 1 aromatic carbocycles. The molecule has 0 saturated carbocycles. The molecule has 0 spiro atoms. The molecule has 17 heavy (non-hydrogen) atoms. The van der Waals surface area contributed by atoms with Gasteiger partial charge in [0.2, 0.25) is 0 Å². The summed E-state index contributed by atoms with van der Waals surface area (Å²) >= 11 is 1.46. The van der Waals surface area contributed by atoms with Gasteiger partial charge in [0.25, 0.3) is 0 Å². The third-order valence-electron chi connectivity index (χ3n) is 3.35. The van der Waals surface area contributed by atoms with Crippen molar-refractivity contribution in [3.8, 4) is 0 Å². The summed E-state index contributed by atoms with van der Waals surface area (Å²) < 4.78 is 4.16. The summed E-state index contributed by atoms with van der Waals surface area (Å²) in [6, 6.07) is 9.12. The van der Waals surface area contributed by atoms with Gasteiger partial charge in [0.05, 0.1) is 0 Å². The van der Waals surface area contributed by atoms with E-state index in [-0.39, 0.29) is 0 Å². The van der Waals surface area contributed by atoms with Gasteiger partial charge in [-0.25, -0.2) is 0 Å². The van der Waals surface area contributed by atoms with Crippen LogP contribution in [-0.2, 0) is 12.8 Å². The molecular weight excluding hydrogens is 230 g/mol. The number of fused-ring (bicyclic) bond motifs is 1. The molecule has 3 rings (SSSR count). The maximum atomic E-state index is 5.76. The van der Waals surface area contributed by atoms with Crippen LogP contribution in [0.5, 0.6) is 0 Å². The predicted molar refractivity (Wildman–Crippen MR) is 72.5 cm³/mol. The van der Waals surface area contributed by atoms with Gasteiger partial charge >= 0.3 is 0 Å². The Morgan fingerprint density at radius 2 is 1.94 bits per heavy atom. The van der Waals surface area contributed by atoms with E-state index in [2.05, 4.69) is 34.0 Å². The van der Waals surface area contributed by atoms with Crippen molar-refractivity contribution in [3.63, 3.8) is 0 Å². The van der Waals surface area contributed by atoms with E-state index in [1.54, 1.807) is 0 Å². The number of nitrogen functional groups attached to an aromatic ring is 1. The second-order valence-corrected chi connectivity index (χ2v) is 5.31. The monoisotopic (exact) mass is 245 g/mol. The Morgan fingerprint density at radius 1 is 1.29 bits per heavy atom. The van der Waals surface area contributed by atoms with Crippen molar-refractivity contribution in [1.82, 2.24) is 4.37 Å². The van der Waals surface area contributed by atoms with Crippen molar-refractivity contribution in [2.24, 2.45) is 0 Å². The molecule has 1 aliphatic carbocycles. The summed E-state index contributed by atoms with van der Waals surface area (Å²) in [7, 11) is 0. The minimum absolute atomic E-state index is 0.478. The lowest BCUT2D eigenvalue weighted by Gasteiger charge is -2.11. The maximum Gasteiger partial charge on any atom is 0.142 e. The number of anilines is 2. The van der Waals surface area contributed by atoms with Crippen molar-refractivity contribution in [3.05, 3.63) is 41.0 Å². The van der Waals surface area contributed by atoms with Gasteiger partial charge in [0, 0.05) is 11.6 Å². The van der Waals surface area contributed by atoms with Gasteiger partial charge in [-0.1, -0.05) is 24.3 Å². The molecule has 3 N–H and O–H groups in total. The highest BCUT2D eigenvalue weighted by Gasteiger charge is 2.22. The molecule has 0 atom stereocenters. The highest BCUT2D eigenvalue weighted by atomic mass is 32.1. The van der Waals surface area contributed by atoms with Crippen LogP contribution in [0.25, 0.3) is 0 Å². The van der Waals surface area contributed by atoms with Crippen LogP contribution in [0, 0.1) is 6.92 Å². The fraction of sp³-hybridized carbons (Fsp3) is 0.308. The first-order valence-electron chi connectivity index (χ1n) is 5.79. The van der Waals surface area contributed by atoms with Crippen LogP contribution >= 0.6 is 11.5 Å². The second-order valence-electron chi connectivity index (χ2n) is 4.54. The highest BCUT2D eigenvalue weighted by molar-refractivity contribution is 7.10. The van der Waals surface area contributed by atoms with E-state index in [0.29, 0.717) is 11.9 Å². The fourth-order valence-corrected chi connectivity index (χ4v) is 3.12. The quantitative estimate of drug-likeness (QED) is 0.855. The van der Waals surface area contributed by atoms with Gasteiger partial charge in [-0.2, -0.15) is 4.37 Å². The van der Waals surface area contributed by atoms with E-state index in [1.807, 2.05) is 6.92 Å². The van der Waals surface area contributed by atoms with Crippen molar-refractivity contribution in [2.45, 2.75) is 25.8 Å². The van der Waals surface area contributed by atoms with Gasteiger partial charge in [-0.3, -0.25) is 0 Å². The number of nitrogens with zero attached hydrogens (tertiary/aromatic N) is 1. The van der Waals surface area contributed by atoms with Crippen LogP contribution in [0.2, 0.25) is 0 Å². The molecule has 4 heteroatoms. The average Bonchev–Trinajstić information content (AvgIpc) is 2.87. The smallest absolute Gasteiger partial charge is 0.142 e. The highest BCUT2D eigenvalue weighted by Crippen LogP contribution is 2.29. The number of nitrogens with one attached hydrogen (secondary N) is 1. The molecule has 0 unspecified atom stereocenters. The Kier molecular flexibility index (Phi) is 2.52. The minimum atomic E-state index is 0.478. The van der Waals surface area contributed by atoms with Crippen molar-refractivity contribution in [2.75, 3.05) is 11.1 Å². The largest absolute Gasteiger partial charge is 0.383 e. The Hall–Kier alpha value is -1.55. The molecule has 0 radical (unpaired) electrons. The van der Waals surface area contributed by atoms with Gasteiger partial charge in [-0.15, -0.1) is 0 Å². The standard InChI is InChI=1S/C13H15N3S/c1-8-12(14)16-17-13(8)15-11-6-9-4-2-3-5-10(9)7-11/h2-5,11,15H,6-7H2,1H3,(H2,14,16). The summed E-state index contributed by atoms with van der Waals surface area (Å²) in [4.78, 5) is 0. The third kappa shape index (κ3) is 1.89. The lowest BCUT2D eigenvalue weighted by molar-refractivity contribution is 0.776. The molecule has 0 fully saturated rings. The van der Waals surface area contributed by atoms with Crippen LogP contribution in [0.1, 0.15) is 16.7 Å². The van der Waals surface area contributed by atoms with E-state index in [9.17, 15) is 0 Å². The lowest BCUT2D eigenvalue weighted by Crippen LogP contribution is -2.19. The van der Waals surface area contributed by atoms with Crippen molar-refractivity contribution >= 4 is 22.4 Å². The number of benzene rings is 1. The number of nitrogens with two attached hydrogens (primary N) is 1. The maximum absolute atomic E-state index is 5.76. The van der Waals surface area contributed by atoms with Crippen LogP contribution < -0.4 is 11.1 Å². The van der Waals surface area contributed by atoms with Crippen molar-refractivity contribution in [1.29, 1.82) is 0 Å². The summed E-state index contributed by atoms with van der Waals surface area (Å²) in [6.45, 7) is 2.02. The topological polar surface area (TPSA) is 50.9 Å². The number of rotatable bonds is 2. The molecule has 0 bridgehead atoms. The van der Waals surface area contributed by atoms with E-state index in [1.165, 1.54) is 22.7 Å². The lowest BCUT2D eigenvalue weighted by atomic mass is 10.1. The first-order chi connectivity index (χ1) is 8.24. The normalized spacial score (nSPS) is 14.9. The third-order valence-corrected chi connectivity index (χ3v) is 4.24. The van der Waals surface area contributed by atoms with E-state index in [4.69, 9.17) is 5.73 Å². The molecule has 1 heterocycles. The van der Waals surface area contributed by atoms with Gasteiger partial charge in [0.1, 0.15) is 10.8 Å². The van der Waals surface area contributed by atoms with E-state index in [0.717, 1.165) is 23.4 Å². The Morgan fingerprint density at radius 3 is 2.47 bits per heavy atom. The summed E-state index contributed by atoms with van der Waals surface area (Å²) in [5.41, 5.74) is 9.75. The van der Waals surface area contributed by atoms with Gasteiger partial charge in [-0.05, 0) is 42.4 Å². The Labute approximate surface area is 105 Å². The van der Waals surface area contributed by atoms with Crippen LogP contribution in [0.4, 0.5) is 10.8 Å². The molecule has 88 valence electrons. The fourth-order valence-electron chi connectivity index (χ4n) is 2.33. The van der Waals surface area contributed by atoms with Gasteiger partial charge < -0.3 is 11.1 Å². The zero-order valence-electron chi connectivity index (χ0n) is 9.73. The summed E-state index contributed by atoms with van der Waals surface area (Å²) in [5, 5.41) is 4.66. The number of hydrogen-bond donors (Lipinski definition) is 2. The van der Waals surface area contributed by atoms with E-state index >= 15 is 0 Å². The zero-order valence-corrected chi connectivity index (χ0v) is 10.6.